The molecule has 2 fully saturated rings. The van der Waals surface area contributed by atoms with Crippen LogP contribution in [-0.2, 0) is 0 Å². The van der Waals surface area contributed by atoms with Gasteiger partial charge in [-0.05, 0) is 73.5 Å². The average molecular weight is 493 g/mol. The molecule has 0 spiro atoms. The number of carbonyl (C=O) groups is 1. The fourth-order valence-corrected chi connectivity index (χ4v) is 4.60. The fourth-order valence-electron chi connectivity index (χ4n) is 3.85. The standard InChI is InChI=1S/C25H32N8OS/c1-16(2)18-14-21(26-15-18)28-23-29-24(33-12-10-32(3)11-13-33)31-25(30-23)35-20-8-4-17(5-9-20)22(34)27-19-6-7-19/h4-5,8-9,14,16,19H,6-7,10-13,15H2,1-3H3,(H,27,34)(H,26,28,29,30,31). The molecule has 0 unspecified atom stereocenters. The van der Waals surface area contributed by atoms with E-state index in [9.17, 15) is 4.79 Å². The number of nitrogens with zero attached hydrogens (tertiary/aromatic N) is 6. The topological polar surface area (TPSA) is 98.6 Å². The zero-order valence-electron chi connectivity index (χ0n) is 20.5. The number of carbonyl (C=O) groups excluding carboxylic acids is 1. The Morgan fingerprint density at radius 3 is 2.46 bits per heavy atom. The molecule has 184 valence electrons. The van der Waals surface area contributed by atoms with E-state index in [4.69, 9.17) is 9.97 Å². The van der Waals surface area contributed by atoms with Gasteiger partial charge in [0.05, 0.1) is 6.54 Å². The lowest BCUT2D eigenvalue weighted by molar-refractivity contribution is 0.0951. The molecule has 1 amide bonds. The van der Waals surface area contributed by atoms with E-state index in [2.05, 4.69) is 57.4 Å². The van der Waals surface area contributed by atoms with Crippen molar-refractivity contribution in [3.05, 3.63) is 41.5 Å². The van der Waals surface area contributed by atoms with Gasteiger partial charge >= 0.3 is 0 Å². The molecule has 2 aliphatic heterocycles. The number of hydrogen-bond donors (Lipinski definition) is 2. The third-order valence-corrected chi connectivity index (χ3v) is 7.24. The lowest BCUT2D eigenvalue weighted by Crippen LogP contribution is -2.45. The number of benzene rings is 1. The molecule has 0 radical (unpaired) electrons. The van der Waals surface area contributed by atoms with Gasteiger partial charge in [-0.3, -0.25) is 9.79 Å². The number of anilines is 2. The first-order valence-electron chi connectivity index (χ1n) is 12.2. The summed E-state index contributed by atoms with van der Waals surface area (Å²) in [6.45, 7) is 8.73. The number of amides is 1. The Morgan fingerprint density at radius 2 is 1.80 bits per heavy atom. The Balaban J connectivity index is 1.35. The molecule has 5 rings (SSSR count). The highest BCUT2D eigenvalue weighted by Crippen LogP contribution is 2.28. The largest absolute Gasteiger partial charge is 0.349 e. The van der Waals surface area contributed by atoms with Crippen molar-refractivity contribution in [2.75, 3.05) is 50.0 Å². The molecule has 2 N–H and O–H groups in total. The van der Waals surface area contributed by atoms with Crippen molar-refractivity contribution in [3.63, 3.8) is 0 Å². The summed E-state index contributed by atoms with van der Waals surface area (Å²) in [5, 5.41) is 6.93. The van der Waals surface area contributed by atoms with Crippen molar-refractivity contribution in [2.24, 2.45) is 10.9 Å². The van der Waals surface area contributed by atoms with Gasteiger partial charge in [0.25, 0.3) is 5.91 Å². The number of hydrogen-bond acceptors (Lipinski definition) is 9. The summed E-state index contributed by atoms with van der Waals surface area (Å²) < 4.78 is 0. The van der Waals surface area contributed by atoms with Crippen LogP contribution in [0, 0.1) is 5.92 Å². The summed E-state index contributed by atoms with van der Waals surface area (Å²) in [6.07, 6.45) is 4.24. The quantitative estimate of drug-likeness (QED) is 0.609. The zero-order chi connectivity index (χ0) is 24.4. The summed E-state index contributed by atoms with van der Waals surface area (Å²) in [5.41, 5.74) is 1.96. The van der Waals surface area contributed by atoms with Crippen molar-refractivity contribution < 1.29 is 4.79 Å². The monoisotopic (exact) mass is 492 g/mol. The molecule has 9 nitrogen and oxygen atoms in total. The first kappa shape index (κ1) is 23.7. The van der Waals surface area contributed by atoms with Gasteiger partial charge in [0, 0.05) is 42.7 Å². The van der Waals surface area contributed by atoms with Crippen molar-refractivity contribution in [1.29, 1.82) is 0 Å². The van der Waals surface area contributed by atoms with Crippen LogP contribution in [0.25, 0.3) is 0 Å². The maximum atomic E-state index is 12.3. The van der Waals surface area contributed by atoms with Crippen molar-refractivity contribution in [1.82, 2.24) is 25.2 Å². The van der Waals surface area contributed by atoms with Gasteiger partial charge in [0.2, 0.25) is 11.9 Å². The van der Waals surface area contributed by atoms with E-state index >= 15 is 0 Å². The van der Waals surface area contributed by atoms with Crippen LogP contribution in [-0.4, -0.2) is 77.4 Å². The SMILES string of the molecule is CC(C)C1=CC(Nc2nc(Sc3ccc(C(=O)NC4CC4)cc3)nc(N3CCN(C)CC3)n2)=NC1. The highest BCUT2D eigenvalue weighted by atomic mass is 32.2. The first-order chi connectivity index (χ1) is 16.9. The Kier molecular flexibility index (Phi) is 7.01. The Labute approximate surface area is 210 Å². The van der Waals surface area contributed by atoms with E-state index in [0.29, 0.717) is 41.1 Å². The van der Waals surface area contributed by atoms with Crippen molar-refractivity contribution >= 4 is 35.4 Å². The maximum Gasteiger partial charge on any atom is 0.251 e. The summed E-state index contributed by atoms with van der Waals surface area (Å²) >= 11 is 1.46. The second-order valence-corrected chi connectivity index (χ2v) is 10.6. The highest BCUT2D eigenvalue weighted by molar-refractivity contribution is 7.99. The van der Waals surface area contributed by atoms with Crippen LogP contribution < -0.4 is 15.5 Å². The number of nitrogens with one attached hydrogen (secondary N) is 2. The lowest BCUT2D eigenvalue weighted by atomic mass is 10.0. The van der Waals surface area contributed by atoms with Crippen LogP contribution in [0.5, 0.6) is 0 Å². The number of aliphatic imine (C=N–C) groups is 1. The Morgan fingerprint density at radius 1 is 1.06 bits per heavy atom. The first-order valence-corrected chi connectivity index (χ1v) is 13.0. The molecule has 1 aromatic heterocycles. The van der Waals surface area contributed by atoms with Crippen LogP contribution in [0.3, 0.4) is 0 Å². The van der Waals surface area contributed by atoms with Crippen LogP contribution in [0.2, 0.25) is 0 Å². The van der Waals surface area contributed by atoms with Crippen molar-refractivity contribution in [3.8, 4) is 0 Å². The number of amidine groups is 1. The van der Waals surface area contributed by atoms with Gasteiger partial charge in [-0.25, -0.2) is 0 Å². The fraction of sp³-hybridized carbons (Fsp3) is 0.480. The predicted octanol–water partition coefficient (Wildman–Crippen LogP) is 3.07. The van der Waals surface area contributed by atoms with Gasteiger partial charge in [0.15, 0.2) is 5.16 Å². The summed E-state index contributed by atoms with van der Waals surface area (Å²) in [4.78, 5) is 36.6. The second-order valence-electron chi connectivity index (χ2n) is 9.61. The normalized spacial score (nSPS) is 18.5. The maximum absolute atomic E-state index is 12.3. The molecular weight excluding hydrogens is 460 g/mol. The van der Waals surface area contributed by atoms with Crippen LogP contribution in [0.1, 0.15) is 37.0 Å². The van der Waals surface area contributed by atoms with E-state index < -0.39 is 0 Å². The van der Waals surface area contributed by atoms with Gasteiger partial charge < -0.3 is 20.4 Å². The molecule has 2 aromatic rings. The number of likely N-dealkylation sites (N-methyl/N-ethyl adjacent to an activating group) is 1. The third-order valence-electron chi connectivity index (χ3n) is 6.36. The molecule has 0 bridgehead atoms. The Hall–Kier alpha value is -2.98. The van der Waals surface area contributed by atoms with Crippen LogP contribution in [0.4, 0.5) is 11.9 Å². The molecule has 10 heteroatoms. The summed E-state index contributed by atoms with van der Waals surface area (Å²) in [6, 6.07) is 7.94. The van der Waals surface area contributed by atoms with E-state index in [0.717, 1.165) is 49.8 Å². The minimum atomic E-state index is -0.0146. The lowest BCUT2D eigenvalue weighted by Gasteiger charge is -2.32. The van der Waals surface area contributed by atoms with Gasteiger partial charge in [0.1, 0.15) is 5.84 Å². The van der Waals surface area contributed by atoms with Gasteiger partial charge in [-0.1, -0.05) is 13.8 Å². The molecular formula is C25H32N8OS. The molecule has 1 saturated carbocycles. The molecule has 1 aromatic carbocycles. The molecule has 0 atom stereocenters. The molecule has 1 aliphatic carbocycles. The zero-order valence-corrected chi connectivity index (χ0v) is 21.3. The Bertz CT molecular complexity index is 1130. The number of aromatic nitrogens is 3. The smallest absolute Gasteiger partial charge is 0.251 e. The summed E-state index contributed by atoms with van der Waals surface area (Å²) in [7, 11) is 2.13. The minimum Gasteiger partial charge on any atom is -0.349 e. The molecule has 3 heterocycles. The van der Waals surface area contributed by atoms with Crippen molar-refractivity contribution in [2.45, 2.75) is 42.8 Å². The van der Waals surface area contributed by atoms with Crippen LogP contribution in [0.15, 0.2) is 51.0 Å². The molecule has 35 heavy (non-hydrogen) atoms. The van der Waals surface area contributed by atoms with E-state index in [1.165, 1.54) is 17.3 Å². The molecule has 3 aliphatic rings. The average Bonchev–Trinajstić information content (AvgIpc) is 3.53. The van der Waals surface area contributed by atoms with E-state index in [-0.39, 0.29) is 5.91 Å². The third kappa shape index (κ3) is 6.18. The van der Waals surface area contributed by atoms with Gasteiger partial charge in [-0.15, -0.1) is 0 Å². The van der Waals surface area contributed by atoms with Gasteiger partial charge in [-0.2, -0.15) is 15.0 Å². The summed E-state index contributed by atoms with van der Waals surface area (Å²) in [5.74, 6) is 2.39. The van der Waals surface area contributed by atoms with E-state index in [1.807, 2.05) is 24.3 Å². The number of piperazine rings is 1. The van der Waals surface area contributed by atoms with E-state index in [1.54, 1.807) is 0 Å². The second kappa shape index (κ2) is 10.3. The molecule has 1 saturated heterocycles. The number of rotatable bonds is 7. The predicted molar refractivity (Wildman–Crippen MR) is 139 cm³/mol. The van der Waals surface area contributed by atoms with Crippen LogP contribution >= 0.6 is 11.8 Å². The minimum absolute atomic E-state index is 0.0146. The highest BCUT2D eigenvalue weighted by Gasteiger charge is 2.24.